The van der Waals surface area contributed by atoms with E-state index in [0.29, 0.717) is 10.8 Å². The molecule has 0 fully saturated rings. The van der Waals surface area contributed by atoms with Gasteiger partial charge in [0.15, 0.2) is 0 Å². The Morgan fingerprint density at radius 3 is 1.28 bits per heavy atom. The number of hydrogen-bond acceptors (Lipinski definition) is 0. The normalized spacial score (nSPS) is 13.0. The van der Waals surface area contributed by atoms with Crippen LogP contribution in [0.1, 0.15) is 106 Å². The Kier molecular flexibility index (Phi) is 8.99. The average Bonchev–Trinajstić information content (AvgIpc) is 2.43. The maximum atomic E-state index is 2.43. The Labute approximate surface area is 117 Å². The maximum absolute atomic E-state index is 2.43. The summed E-state index contributed by atoms with van der Waals surface area (Å²) >= 11 is 0. The molecule has 0 unspecified atom stereocenters. The lowest BCUT2D eigenvalue weighted by Crippen LogP contribution is -2.40. The van der Waals surface area contributed by atoms with Gasteiger partial charge in [-0.2, -0.15) is 0 Å². The topological polar surface area (TPSA) is 0 Å². The van der Waals surface area contributed by atoms with Crippen LogP contribution in [0.5, 0.6) is 0 Å². The molecule has 0 heteroatoms. The largest absolute Gasteiger partial charge is 0.0654 e. The van der Waals surface area contributed by atoms with Crippen molar-refractivity contribution in [3.63, 3.8) is 0 Å². The summed E-state index contributed by atoms with van der Waals surface area (Å²) in [4.78, 5) is 0. The summed E-state index contributed by atoms with van der Waals surface area (Å²) in [5.74, 6) is 0. The van der Waals surface area contributed by atoms with Crippen LogP contribution < -0.4 is 0 Å². The van der Waals surface area contributed by atoms with E-state index in [4.69, 9.17) is 0 Å². The van der Waals surface area contributed by atoms with Gasteiger partial charge in [0.25, 0.3) is 0 Å². The van der Waals surface area contributed by atoms with Crippen molar-refractivity contribution in [2.75, 3.05) is 0 Å². The fourth-order valence-electron chi connectivity index (χ4n) is 4.38. The summed E-state index contributed by atoms with van der Waals surface area (Å²) in [6, 6.07) is 0. The van der Waals surface area contributed by atoms with E-state index in [-0.39, 0.29) is 0 Å². The third-order valence-electron chi connectivity index (χ3n) is 6.02. The highest BCUT2D eigenvalue weighted by Gasteiger charge is 2.44. The van der Waals surface area contributed by atoms with Crippen molar-refractivity contribution in [1.29, 1.82) is 0 Å². The quantitative estimate of drug-likeness (QED) is 0.349. The second-order valence-electron chi connectivity index (χ2n) is 6.14. The van der Waals surface area contributed by atoms with Crippen molar-refractivity contribution in [3.8, 4) is 0 Å². The highest BCUT2D eigenvalue weighted by atomic mass is 14.5. The first-order valence-electron chi connectivity index (χ1n) is 8.61. The first-order chi connectivity index (χ1) is 8.61. The number of unbranched alkanes of at least 4 members (excludes halogenated alkanes) is 3. The molecule has 0 aliphatic rings. The standard InChI is InChI=1S/C18H38/c1-7-13-14-15-16-18(11-5,12-6)17(8-2,9-3)10-4/h7-16H2,1-6H3. The molecular weight excluding hydrogens is 216 g/mol. The van der Waals surface area contributed by atoms with Gasteiger partial charge in [-0.05, 0) is 49.4 Å². The van der Waals surface area contributed by atoms with Crippen molar-refractivity contribution < 1.29 is 0 Å². The maximum Gasteiger partial charge on any atom is -0.0246 e. The Morgan fingerprint density at radius 1 is 0.500 bits per heavy atom. The van der Waals surface area contributed by atoms with Crippen LogP contribution in [0.4, 0.5) is 0 Å². The van der Waals surface area contributed by atoms with Crippen LogP contribution in [0.15, 0.2) is 0 Å². The lowest BCUT2D eigenvalue weighted by atomic mass is 9.54. The fourth-order valence-corrected chi connectivity index (χ4v) is 4.38. The molecule has 0 atom stereocenters. The summed E-state index contributed by atoms with van der Waals surface area (Å²) in [6.45, 7) is 14.4. The fraction of sp³-hybridized carbons (Fsp3) is 1.00. The molecule has 0 aromatic carbocycles. The molecule has 0 N–H and O–H groups in total. The predicted octanol–water partition coefficient (Wildman–Crippen LogP) is 6.98. The molecule has 0 aliphatic heterocycles. The molecule has 0 aromatic rings. The molecule has 0 aliphatic carbocycles. The van der Waals surface area contributed by atoms with Crippen LogP contribution in [0.2, 0.25) is 0 Å². The predicted molar refractivity (Wildman–Crippen MR) is 85.1 cm³/mol. The summed E-state index contributed by atoms with van der Waals surface area (Å²) in [5, 5.41) is 0. The van der Waals surface area contributed by atoms with E-state index in [1.807, 2.05) is 0 Å². The summed E-state index contributed by atoms with van der Waals surface area (Å²) in [7, 11) is 0. The molecule has 0 saturated carbocycles. The monoisotopic (exact) mass is 254 g/mol. The second-order valence-corrected chi connectivity index (χ2v) is 6.14. The smallest absolute Gasteiger partial charge is 0.0246 e. The number of rotatable bonds is 11. The minimum Gasteiger partial charge on any atom is -0.0654 e. The van der Waals surface area contributed by atoms with Crippen molar-refractivity contribution in [2.45, 2.75) is 106 Å². The third-order valence-corrected chi connectivity index (χ3v) is 6.02. The molecule has 0 aromatic heterocycles. The van der Waals surface area contributed by atoms with E-state index in [1.54, 1.807) is 0 Å². The van der Waals surface area contributed by atoms with Crippen molar-refractivity contribution >= 4 is 0 Å². The minimum absolute atomic E-state index is 0.586. The van der Waals surface area contributed by atoms with Gasteiger partial charge in [-0.15, -0.1) is 0 Å². The molecule has 0 radical (unpaired) electrons. The molecule has 0 saturated heterocycles. The van der Waals surface area contributed by atoms with E-state index >= 15 is 0 Å². The number of hydrogen-bond donors (Lipinski definition) is 0. The highest BCUT2D eigenvalue weighted by molar-refractivity contribution is 4.94. The van der Waals surface area contributed by atoms with Gasteiger partial charge >= 0.3 is 0 Å². The van der Waals surface area contributed by atoms with E-state index in [9.17, 15) is 0 Å². The van der Waals surface area contributed by atoms with Crippen LogP contribution >= 0.6 is 0 Å². The first-order valence-corrected chi connectivity index (χ1v) is 8.61. The van der Waals surface area contributed by atoms with Crippen LogP contribution in [0.3, 0.4) is 0 Å². The summed E-state index contributed by atoms with van der Waals surface area (Å²) in [6.07, 6.45) is 13.9. The third kappa shape index (κ3) is 3.75. The Hall–Kier alpha value is 0. The Morgan fingerprint density at radius 2 is 0.944 bits per heavy atom. The van der Waals surface area contributed by atoms with Gasteiger partial charge in [0, 0.05) is 0 Å². The molecule has 0 nitrogen and oxygen atoms in total. The molecule has 0 amide bonds. The van der Waals surface area contributed by atoms with E-state index in [0.717, 1.165) is 0 Å². The Balaban J connectivity index is 4.86. The summed E-state index contributed by atoms with van der Waals surface area (Å²) < 4.78 is 0. The molecule has 110 valence electrons. The van der Waals surface area contributed by atoms with E-state index in [2.05, 4.69) is 41.5 Å². The van der Waals surface area contributed by atoms with Gasteiger partial charge in [0.2, 0.25) is 0 Å². The average molecular weight is 255 g/mol. The molecule has 0 bridgehead atoms. The van der Waals surface area contributed by atoms with Gasteiger partial charge in [0.05, 0.1) is 0 Å². The molecule has 0 rings (SSSR count). The van der Waals surface area contributed by atoms with Gasteiger partial charge in [-0.3, -0.25) is 0 Å². The van der Waals surface area contributed by atoms with Crippen LogP contribution in [0, 0.1) is 10.8 Å². The molecular formula is C18H38. The second kappa shape index (κ2) is 8.99. The lowest BCUT2D eigenvalue weighted by molar-refractivity contribution is -0.00130. The zero-order valence-corrected chi connectivity index (χ0v) is 14.1. The summed E-state index contributed by atoms with van der Waals surface area (Å²) in [5.41, 5.74) is 1.18. The molecule has 0 heterocycles. The van der Waals surface area contributed by atoms with Crippen molar-refractivity contribution in [2.24, 2.45) is 10.8 Å². The van der Waals surface area contributed by atoms with Crippen LogP contribution in [-0.4, -0.2) is 0 Å². The van der Waals surface area contributed by atoms with Crippen molar-refractivity contribution in [1.82, 2.24) is 0 Å². The van der Waals surface area contributed by atoms with Gasteiger partial charge in [-0.1, -0.05) is 67.2 Å². The van der Waals surface area contributed by atoms with Gasteiger partial charge < -0.3 is 0 Å². The Bertz CT molecular complexity index is 176. The van der Waals surface area contributed by atoms with Crippen LogP contribution in [0.25, 0.3) is 0 Å². The van der Waals surface area contributed by atoms with E-state index < -0.39 is 0 Å². The van der Waals surface area contributed by atoms with E-state index in [1.165, 1.54) is 64.2 Å². The molecule has 18 heavy (non-hydrogen) atoms. The molecule has 0 spiro atoms. The SMILES string of the molecule is CCCCCCC(CC)(CC)C(CC)(CC)CC. The zero-order chi connectivity index (χ0) is 14.1. The van der Waals surface area contributed by atoms with Crippen molar-refractivity contribution in [3.05, 3.63) is 0 Å². The van der Waals surface area contributed by atoms with Crippen LogP contribution in [-0.2, 0) is 0 Å². The highest BCUT2D eigenvalue weighted by Crippen LogP contribution is 2.54. The minimum atomic E-state index is 0.586. The van der Waals surface area contributed by atoms with Gasteiger partial charge in [-0.25, -0.2) is 0 Å². The lowest BCUT2D eigenvalue weighted by Gasteiger charge is -2.50. The zero-order valence-electron chi connectivity index (χ0n) is 14.1. The first kappa shape index (κ1) is 18.0. The van der Waals surface area contributed by atoms with Gasteiger partial charge in [0.1, 0.15) is 0 Å².